The second-order valence-corrected chi connectivity index (χ2v) is 6.62. The number of hydrogen-bond acceptors (Lipinski definition) is 6. The summed E-state index contributed by atoms with van der Waals surface area (Å²) in [4.78, 5) is 20.3. The summed E-state index contributed by atoms with van der Waals surface area (Å²) in [6.45, 7) is 0.531. The van der Waals surface area contributed by atoms with Crippen LogP contribution in [-0.4, -0.2) is 34.3 Å². The van der Waals surface area contributed by atoms with Crippen LogP contribution in [0.4, 0.5) is 39.7 Å². The maximum Gasteiger partial charge on any atom is 0.416 e. The summed E-state index contributed by atoms with van der Waals surface area (Å²) in [6.07, 6.45) is -2.63. The van der Waals surface area contributed by atoms with Crippen molar-refractivity contribution in [2.24, 2.45) is 0 Å². The van der Waals surface area contributed by atoms with Crippen LogP contribution >= 0.6 is 0 Å². The smallest absolute Gasteiger partial charge is 0.416 e. The summed E-state index contributed by atoms with van der Waals surface area (Å²) in [7, 11) is 0. The third-order valence-corrected chi connectivity index (χ3v) is 4.12. The fraction of sp³-hybridized carbons (Fsp3) is 0.190. The highest BCUT2D eigenvalue weighted by Gasteiger charge is 2.31. The minimum atomic E-state index is -4.67. The molecule has 0 atom stereocenters. The molecule has 1 aromatic heterocycles. The molecule has 8 nitrogen and oxygen atoms in total. The maximum absolute atomic E-state index is 13.8. The normalized spacial score (nSPS) is 11.1. The molecule has 2 aromatic carbocycles. The van der Waals surface area contributed by atoms with Crippen molar-refractivity contribution in [1.82, 2.24) is 9.97 Å². The molecule has 1 heterocycles. The van der Waals surface area contributed by atoms with Crippen molar-refractivity contribution < 1.29 is 32.2 Å². The number of rotatable bonds is 8. The molecule has 0 aliphatic heterocycles. The van der Waals surface area contributed by atoms with Crippen LogP contribution in [0.25, 0.3) is 0 Å². The Balaban J connectivity index is 1.59. The number of aliphatic hydroxyl groups is 1. The Labute approximate surface area is 185 Å². The molecule has 0 aliphatic carbocycles. The van der Waals surface area contributed by atoms with Crippen LogP contribution in [0.1, 0.15) is 12.0 Å². The Bertz CT molecular complexity index is 1090. The summed E-state index contributed by atoms with van der Waals surface area (Å²) in [5.41, 5.74) is -1.40. The lowest BCUT2D eigenvalue weighted by atomic mass is 10.2. The van der Waals surface area contributed by atoms with Crippen LogP contribution in [0.2, 0.25) is 0 Å². The molecule has 0 unspecified atom stereocenters. The zero-order valence-corrected chi connectivity index (χ0v) is 17.0. The van der Waals surface area contributed by atoms with E-state index in [0.717, 1.165) is 0 Å². The molecular weight excluding hydrogens is 446 g/mol. The highest BCUT2D eigenvalue weighted by atomic mass is 19.4. The Hall–Kier alpha value is -3.93. The average molecular weight is 465 g/mol. The van der Waals surface area contributed by atoms with Crippen molar-refractivity contribution >= 4 is 23.4 Å². The van der Waals surface area contributed by atoms with Gasteiger partial charge in [0.05, 0.1) is 11.3 Å². The fourth-order valence-electron chi connectivity index (χ4n) is 2.57. The molecule has 174 valence electrons. The van der Waals surface area contributed by atoms with E-state index in [1.165, 1.54) is 30.5 Å². The van der Waals surface area contributed by atoms with Crippen molar-refractivity contribution in [2.75, 3.05) is 29.1 Å². The maximum atomic E-state index is 13.8. The standard InChI is InChI=1S/C21H19F4N5O3/c22-16-7-2-13(21(23,24)25)12-17(16)29-20(32)28-14-3-5-15(6-4-14)33-18-8-10-27-19(30-18)26-9-1-11-31/h2-8,10,12,31H,1,9,11H2,(H,26,27,30)(H2,28,29,32). The lowest BCUT2D eigenvalue weighted by molar-refractivity contribution is -0.137. The summed E-state index contributed by atoms with van der Waals surface area (Å²) >= 11 is 0. The van der Waals surface area contributed by atoms with Crippen LogP contribution < -0.4 is 20.7 Å². The third kappa shape index (κ3) is 7.04. The SMILES string of the molecule is O=C(Nc1ccc(Oc2ccnc(NCCCO)n2)cc1)Nc1cc(C(F)(F)F)ccc1F. The van der Waals surface area contributed by atoms with Gasteiger partial charge >= 0.3 is 12.2 Å². The number of nitrogens with one attached hydrogen (secondary N) is 3. The van der Waals surface area contributed by atoms with Crippen LogP contribution in [-0.2, 0) is 6.18 Å². The van der Waals surface area contributed by atoms with Gasteiger partial charge in [0.25, 0.3) is 0 Å². The average Bonchev–Trinajstić information content (AvgIpc) is 2.76. The van der Waals surface area contributed by atoms with Gasteiger partial charge < -0.3 is 25.8 Å². The quantitative estimate of drug-likeness (QED) is 0.279. The number of benzene rings is 2. The Kier molecular flexibility index (Phi) is 7.61. The number of nitrogens with zero attached hydrogens (tertiary/aromatic N) is 2. The molecule has 12 heteroatoms. The molecule has 0 spiro atoms. The van der Waals surface area contributed by atoms with E-state index in [-0.39, 0.29) is 12.5 Å². The molecule has 0 saturated carbocycles. The number of ether oxygens (including phenoxy) is 1. The second-order valence-electron chi connectivity index (χ2n) is 6.62. The number of halogens is 4. The topological polar surface area (TPSA) is 108 Å². The van der Waals surface area contributed by atoms with Crippen molar-refractivity contribution in [3.63, 3.8) is 0 Å². The number of aliphatic hydroxyl groups excluding tert-OH is 1. The molecule has 33 heavy (non-hydrogen) atoms. The van der Waals surface area contributed by atoms with Crippen LogP contribution in [0.15, 0.2) is 54.7 Å². The summed E-state index contributed by atoms with van der Waals surface area (Å²) < 4.78 is 57.8. The van der Waals surface area contributed by atoms with Gasteiger partial charge in [-0.1, -0.05) is 0 Å². The number of carbonyl (C=O) groups is 1. The summed E-state index contributed by atoms with van der Waals surface area (Å²) in [5.74, 6) is -0.0189. The molecule has 3 rings (SSSR count). The molecule has 0 aliphatic rings. The number of hydrogen-bond donors (Lipinski definition) is 4. The molecule has 0 radical (unpaired) electrons. The first-order chi connectivity index (χ1) is 15.7. The predicted octanol–water partition coefficient (Wildman–Crippen LogP) is 4.87. The molecule has 0 saturated heterocycles. The Morgan fingerprint density at radius 2 is 1.82 bits per heavy atom. The highest BCUT2D eigenvalue weighted by Crippen LogP contribution is 2.32. The Morgan fingerprint density at radius 3 is 2.52 bits per heavy atom. The van der Waals surface area contributed by atoms with E-state index in [1.807, 2.05) is 0 Å². The summed E-state index contributed by atoms with van der Waals surface area (Å²) in [5, 5.41) is 16.2. The van der Waals surface area contributed by atoms with Gasteiger partial charge in [-0.3, -0.25) is 0 Å². The number of alkyl halides is 3. The zero-order chi connectivity index (χ0) is 23.8. The molecule has 3 aromatic rings. The first-order valence-electron chi connectivity index (χ1n) is 9.65. The van der Waals surface area contributed by atoms with Crippen molar-refractivity contribution in [1.29, 1.82) is 0 Å². The molecule has 0 fully saturated rings. The van der Waals surface area contributed by atoms with Gasteiger partial charge in [-0.25, -0.2) is 14.2 Å². The summed E-state index contributed by atoms with van der Waals surface area (Å²) in [6, 6.07) is 8.38. The van der Waals surface area contributed by atoms with Gasteiger partial charge in [0.2, 0.25) is 11.8 Å². The number of aromatic nitrogens is 2. The Morgan fingerprint density at radius 1 is 1.06 bits per heavy atom. The van der Waals surface area contributed by atoms with Crippen molar-refractivity contribution in [3.8, 4) is 11.6 Å². The number of carbonyl (C=O) groups excluding carboxylic acids is 1. The van der Waals surface area contributed by atoms with E-state index < -0.39 is 29.3 Å². The largest absolute Gasteiger partial charge is 0.439 e. The first kappa shape index (κ1) is 23.7. The molecular formula is C21H19F4N5O3. The van der Waals surface area contributed by atoms with Crippen LogP contribution in [0, 0.1) is 5.82 Å². The van der Waals surface area contributed by atoms with Gasteiger partial charge in [0, 0.05) is 31.1 Å². The lowest BCUT2D eigenvalue weighted by Crippen LogP contribution is -2.20. The van der Waals surface area contributed by atoms with Gasteiger partial charge in [-0.05, 0) is 48.9 Å². The van der Waals surface area contributed by atoms with E-state index in [9.17, 15) is 22.4 Å². The zero-order valence-electron chi connectivity index (χ0n) is 17.0. The van der Waals surface area contributed by atoms with E-state index >= 15 is 0 Å². The molecule has 4 N–H and O–H groups in total. The van der Waals surface area contributed by atoms with E-state index in [1.54, 1.807) is 6.07 Å². The van der Waals surface area contributed by atoms with Crippen molar-refractivity contribution in [2.45, 2.75) is 12.6 Å². The van der Waals surface area contributed by atoms with Gasteiger partial charge in [-0.15, -0.1) is 0 Å². The predicted molar refractivity (Wildman–Crippen MR) is 113 cm³/mol. The third-order valence-electron chi connectivity index (χ3n) is 4.12. The molecule has 2 amide bonds. The van der Waals surface area contributed by atoms with Crippen molar-refractivity contribution in [3.05, 3.63) is 66.1 Å². The van der Waals surface area contributed by atoms with Crippen LogP contribution in [0.3, 0.4) is 0 Å². The van der Waals surface area contributed by atoms with E-state index in [2.05, 4.69) is 25.9 Å². The minimum absolute atomic E-state index is 0.0382. The monoisotopic (exact) mass is 465 g/mol. The van der Waals surface area contributed by atoms with Gasteiger partial charge in [0.15, 0.2) is 0 Å². The number of anilines is 3. The van der Waals surface area contributed by atoms with Gasteiger partial charge in [-0.2, -0.15) is 18.2 Å². The first-order valence-corrected chi connectivity index (χ1v) is 9.65. The number of amides is 2. The second kappa shape index (κ2) is 10.6. The van der Waals surface area contributed by atoms with Crippen LogP contribution in [0.5, 0.6) is 11.6 Å². The molecule has 0 bridgehead atoms. The highest BCUT2D eigenvalue weighted by molar-refractivity contribution is 5.99. The fourth-order valence-corrected chi connectivity index (χ4v) is 2.57. The lowest BCUT2D eigenvalue weighted by Gasteiger charge is -2.12. The number of urea groups is 1. The minimum Gasteiger partial charge on any atom is -0.439 e. The van der Waals surface area contributed by atoms with E-state index in [0.29, 0.717) is 48.5 Å². The van der Waals surface area contributed by atoms with E-state index in [4.69, 9.17) is 9.84 Å². The van der Waals surface area contributed by atoms with Gasteiger partial charge in [0.1, 0.15) is 11.6 Å².